The Labute approximate surface area is 125 Å². The van der Waals surface area contributed by atoms with Crippen molar-refractivity contribution in [1.29, 1.82) is 0 Å². The lowest BCUT2D eigenvalue weighted by Crippen LogP contribution is -2.18. The van der Waals surface area contributed by atoms with Crippen molar-refractivity contribution in [2.24, 2.45) is 0 Å². The Hall–Kier alpha value is -2.10. The zero-order chi connectivity index (χ0) is 15.8. The standard InChI is InChI=1S/C17H22N2O2/c1-11-7-8-12(2)14(9-11)19-15(17(3,4)5)10-13(18-19)16(20)21-6/h7-10H,1-6H3. The van der Waals surface area contributed by atoms with Crippen molar-refractivity contribution in [2.45, 2.75) is 40.0 Å². The zero-order valence-electron chi connectivity index (χ0n) is 13.5. The number of esters is 1. The van der Waals surface area contributed by atoms with Crippen molar-refractivity contribution in [3.63, 3.8) is 0 Å². The second kappa shape index (κ2) is 5.35. The van der Waals surface area contributed by atoms with Crippen molar-refractivity contribution in [1.82, 2.24) is 9.78 Å². The number of ether oxygens (including phenoxy) is 1. The number of carbonyl (C=O) groups excluding carboxylic acids is 1. The molecule has 0 fully saturated rings. The van der Waals surface area contributed by atoms with Crippen molar-refractivity contribution in [3.05, 3.63) is 46.8 Å². The minimum absolute atomic E-state index is 0.130. The van der Waals surface area contributed by atoms with E-state index in [9.17, 15) is 4.79 Å². The summed E-state index contributed by atoms with van der Waals surface area (Å²) in [6.45, 7) is 10.4. The molecule has 0 amide bonds. The lowest BCUT2D eigenvalue weighted by atomic mass is 9.91. The molecule has 0 unspecified atom stereocenters. The van der Waals surface area contributed by atoms with E-state index in [1.165, 1.54) is 7.11 Å². The number of benzene rings is 1. The van der Waals surface area contributed by atoms with Crippen LogP contribution in [0.25, 0.3) is 5.69 Å². The molecule has 0 aliphatic carbocycles. The largest absolute Gasteiger partial charge is 0.464 e. The van der Waals surface area contributed by atoms with Gasteiger partial charge in [-0.25, -0.2) is 9.48 Å². The third kappa shape index (κ3) is 2.99. The van der Waals surface area contributed by atoms with E-state index in [1.807, 2.05) is 24.6 Å². The average Bonchev–Trinajstić information content (AvgIpc) is 2.85. The van der Waals surface area contributed by atoms with Crippen LogP contribution in [-0.2, 0) is 10.2 Å². The van der Waals surface area contributed by atoms with Crippen LogP contribution in [0, 0.1) is 13.8 Å². The van der Waals surface area contributed by atoms with Crippen LogP contribution in [0.4, 0.5) is 0 Å². The number of aryl methyl sites for hydroxylation is 2. The number of rotatable bonds is 2. The van der Waals surface area contributed by atoms with Crippen LogP contribution in [0.2, 0.25) is 0 Å². The van der Waals surface area contributed by atoms with E-state index in [0.717, 1.165) is 22.5 Å². The quantitative estimate of drug-likeness (QED) is 0.793. The predicted octanol–water partition coefficient (Wildman–Crippen LogP) is 3.57. The molecule has 0 spiro atoms. The molecule has 112 valence electrons. The summed E-state index contributed by atoms with van der Waals surface area (Å²) in [7, 11) is 1.37. The third-order valence-electron chi connectivity index (χ3n) is 3.47. The Balaban J connectivity index is 2.69. The molecule has 0 atom stereocenters. The highest BCUT2D eigenvalue weighted by Gasteiger charge is 2.25. The fourth-order valence-corrected chi connectivity index (χ4v) is 2.25. The average molecular weight is 286 g/mol. The first-order valence-electron chi connectivity index (χ1n) is 7.00. The lowest BCUT2D eigenvalue weighted by Gasteiger charge is -2.21. The molecule has 1 aromatic heterocycles. The number of methoxy groups -OCH3 is 1. The predicted molar refractivity (Wildman–Crippen MR) is 83.1 cm³/mol. The molecule has 0 aliphatic rings. The molecule has 2 aromatic rings. The maximum atomic E-state index is 11.8. The summed E-state index contributed by atoms with van der Waals surface area (Å²) in [5.41, 5.74) is 4.46. The maximum absolute atomic E-state index is 11.8. The van der Waals surface area contributed by atoms with Gasteiger partial charge in [0, 0.05) is 5.41 Å². The Morgan fingerprint density at radius 2 is 1.86 bits per heavy atom. The molecule has 0 aliphatic heterocycles. The van der Waals surface area contributed by atoms with Crippen molar-refractivity contribution < 1.29 is 9.53 Å². The first-order chi connectivity index (χ1) is 9.74. The van der Waals surface area contributed by atoms with Crippen LogP contribution in [-0.4, -0.2) is 22.9 Å². The first-order valence-corrected chi connectivity index (χ1v) is 7.00. The fraction of sp³-hybridized carbons (Fsp3) is 0.412. The molecule has 0 saturated carbocycles. The maximum Gasteiger partial charge on any atom is 0.358 e. The summed E-state index contributed by atoms with van der Waals surface area (Å²) in [5.74, 6) is -0.412. The Bertz CT molecular complexity index is 679. The molecule has 0 saturated heterocycles. The molecule has 1 heterocycles. The van der Waals surface area contributed by atoms with E-state index in [1.54, 1.807) is 0 Å². The molecule has 4 nitrogen and oxygen atoms in total. The first kappa shape index (κ1) is 15.3. The minimum Gasteiger partial charge on any atom is -0.464 e. The summed E-state index contributed by atoms with van der Waals surface area (Å²) >= 11 is 0. The highest BCUT2D eigenvalue weighted by atomic mass is 16.5. The van der Waals surface area contributed by atoms with Crippen LogP contribution in [0.15, 0.2) is 24.3 Å². The monoisotopic (exact) mass is 286 g/mol. The molecule has 0 radical (unpaired) electrons. The highest BCUT2D eigenvalue weighted by Crippen LogP contribution is 2.27. The SMILES string of the molecule is COC(=O)c1cc(C(C)(C)C)n(-c2cc(C)ccc2C)n1. The van der Waals surface area contributed by atoms with E-state index >= 15 is 0 Å². The Kier molecular flexibility index (Phi) is 3.90. The highest BCUT2D eigenvalue weighted by molar-refractivity contribution is 5.87. The molecule has 1 aromatic carbocycles. The third-order valence-corrected chi connectivity index (χ3v) is 3.47. The van der Waals surface area contributed by atoms with Crippen molar-refractivity contribution in [2.75, 3.05) is 7.11 Å². The van der Waals surface area contributed by atoms with Gasteiger partial charge < -0.3 is 4.74 Å². The van der Waals surface area contributed by atoms with Crippen molar-refractivity contribution >= 4 is 5.97 Å². The zero-order valence-corrected chi connectivity index (χ0v) is 13.5. The van der Waals surface area contributed by atoms with E-state index in [2.05, 4.69) is 44.1 Å². The molecule has 21 heavy (non-hydrogen) atoms. The van der Waals surface area contributed by atoms with E-state index in [0.29, 0.717) is 5.69 Å². The summed E-state index contributed by atoms with van der Waals surface area (Å²) < 4.78 is 6.65. The molecule has 2 rings (SSSR count). The Morgan fingerprint density at radius 3 is 2.43 bits per heavy atom. The van der Waals surface area contributed by atoms with Crippen LogP contribution in [0.1, 0.15) is 48.1 Å². The Morgan fingerprint density at radius 1 is 1.19 bits per heavy atom. The van der Waals surface area contributed by atoms with E-state index in [4.69, 9.17) is 4.74 Å². The molecule has 0 N–H and O–H groups in total. The van der Waals surface area contributed by atoms with Gasteiger partial charge in [-0.3, -0.25) is 0 Å². The van der Waals surface area contributed by atoms with Gasteiger partial charge in [-0.1, -0.05) is 32.9 Å². The minimum atomic E-state index is -0.412. The van der Waals surface area contributed by atoms with Crippen LogP contribution >= 0.6 is 0 Å². The van der Waals surface area contributed by atoms with E-state index in [-0.39, 0.29) is 5.41 Å². The van der Waals surface area contributed by atoms with Gasteiger partial charge in [0.05, 0.1) is 18.5 Å². The summed E-state index contributed by atoms with van der Waals surface area (Å²) in [4.78, 5) is 11.8. The van der Waals surface area contributed by atoms with Crippen LogP contribution in [0.5, 0.6) is 0 Å². The smallest absolute Gasteiger partial charge is 0.358 e. The molecular weight excluding hydrogens is 264 g/mol. The van der Waals surface area contributed by atoms with Gasteiger partial charge in [-0.2, -0.15) is 5.10 Å². The second-order valence-corrected chi connectivity index (χ2v) is 6.36. The van der Waals surface area contributed by atoms with Gasteiger partial charge in [-0.15, -0.1) is 0 Å². The van der Waals surface area contributed by atoms with Gasteiger partial charge in [0.2, 0.25) is 0 Å². The van der Waals surface area contributed by atoms with Gasteiger partial charge >= 0.3 is 5.97 Å². The number of carbonyl (C=O) groups is 1. The normalized spacial score (nSPS) is 11.5. The summed E-state index contributed by atoms with van der Waals surface area (Å²) in [6.07, 6.45) is 0. The van der Waals surface area contributed by atoms with Gasteiger partial charge in [-0.05, 0) is 37.1 Å². The summed E-state index contributed by atoms with van der Waals surface area (Å²) in [5, 5.41) is 4.46. The number of hydrogen-bond acceptors (Lipinski definition) is 3. The summed E-state index contributed by atoms with van der Waals surface area (Å²) in [6, 6.07) is 8.03. The molecular formula is C17H22N2O2. The lowest BCUT2D eigenvalue weighted by molar-refractivity contribution is 0.0593. The number of nitrogens with zero attached hydrogens (tertiary/aromatic N) is 2. The number of aromatic nitrogens is 2. The fourth-order valence-electron chi connectivity index (χ4n) is 2.25. The van der Waals surface area contributed by atoms with Gasteiger partial charge in [0.25, 0.3) is 0 Å². The van der Waals surface area contributed by atoms with Crippen molar-refractivity contribution in [3.8, 4) is 5.69 Å². The second-order valence-electron chi connectivity index (χ2n) is 6.36. The van der Waals surface area contributed by atoms with Gasteiger partial charge in [0.15, 0.2) is 5.69 Å². The number of hydrogen-bond donors (Lipinski definition) is 0. The molecule has 0 bridgehead atoms. The van der Waals surface area contributed by atoms with Crippen LogP contribution in [0.3, 0.4) is 0 Å². The topological polar surface area (TPSA) is 44.1 Å². The van der Waals surface area contributed by atoms with Crippen LogP contribution < -0.4 is 0 Å². The van der Waals surface area contributed by atoms with E-state index < -0.39 is 5.97 Å². The van der Waals surface area contributed by atoms with Gasteiger partial charge in [0.1, 0.15) is 0 Å². The molecule has 4 heteroatoms.